The summed E-state index contributed by atoms with van der Waals surface area (Å²) in [7, 11) is 0. The average Bonchev–Trinajstić information content (AvgIpc) is 3.27. The predicted octanol–water partition coefficient (Wildman–Crippen LogP) is 4.91. The minimum atomic E-state index is 0.0459. The number of hydrogen-bond acceptors (Lipinski definition) is 4. The van der Waals surface area contributed by atoms with E-state index in [2.05, 4.69) is 6.07 Å². The molecular weight excluding hydrogens is 326 g/mol. The predicted molar refractivity (Wildman–Crippen MR) is 94.8 cm³/mol. The van der Waals surface area contributed by atoms with Gasteiger partial charge in [0.05, 0.1) is 24.6 Å². The molecule has 2 aromatic heterocycles. The minimum Gasteiger partial charge on any atom is -0.472 e. The van der Waals surface area contributed by atoms with E-state index in [-0.39, 0.29) is 5.91 Å². The molecule has 0 aliphatic rings. The Bertz CT molecular complexity index is 715. The van der Waals surface area contributed by atoms with Crippen LogP contribution in [0.4, 0.5) is 0 Å². The fraction of sp³-hybridized carbons (Fsp3) is 0.167. The van der Waals surface area contributed by atoms with Crippen molar-refractivity contribution in [3.8, 4) is 0 Å². The first-order valence-electron chi connectivity index (χ1n) is 7.23. The van der Waals surface area contributed by atoms with Crippen LogP contribution in [0.25, 0.3) is 0 Å². The Kier molecular flexibility index (Phi) is 5.20. The van der Waals surface area contributed by atoms with Gasteiger partial charge in [-0.3, -0.25) is 4.79 Å². The Morgan fingerprint density at radius 2 is 2.04 bits per heavy atom. The number of carbonyl (C=O) groups is 1. The third-order valence-corrected chi connectivity index (χ3v) is 5.16. The number of thioether (sulfide) groups is 1. The molecule has 118 valence electrons. The Balaban J connectivity index is 1.88. The maximum absolute atomic E-state index is 13.1. The number of benzene rings is 1. The molecule has 3 rings (SSSR count). The molecule has 1 amide bonds. The van der Waals surface area contributed by atoms with Gasteiger partial charge in [-0.1, -0.05) is 18.2 Å². The van der Waals surface area contributed by atoms with Gasteiger partial charge < -0.3 is 9.32 Å². The highest BCUT2D eigenvalue weighted by atomic mass is 32.2. The van der Waals surface area contributed by atoms with Gasteiger partial charge in [0.1, 0.15) is 0 Å². The van der Waals surface area contributed by atoms with Gasteiger partial charge in [-0.2, -0.15) is 0 Å². The largest absolute Gasteiger partial charge is 0.472 e. The van der Waals surface area contributed by atoms with Crippen molar-refractivity contribution in [1.82, 2.24) is 4.90 Å². The molecule has 0 fully saturated rings. The van der Waals surface area contributed by atoms with Crippen molar-refractivity contribution in [2.24, 2.45) is 0 Å². The van der Waals surface area contributed by atoms with Crippen LogP contribution in [-0.2, 0) is 13.1 Å². The summed E-state index contributed by atoms with van der Waals surface area (Å²) in [5, 5.41) is 2.03. The summed E-state index contributed by atoms with van der Waals surface area (Å²) in [6.07, 6.45) is 5.32. The standard InChI is InChI=1S/C18H17NO2S2/c1-22-17-7-3-2-6-16(17)18(20)19(11-14-8-9-21-13-14)12-15-5-4-10-23-15/h2-10,13H,11-12H2,1H3. The van der Waals surface area contributed by atoms with E-state index in [1.54, 1.807) is 35.6 Å². The second-order valence-electron chi connectivity index (χ2n) is 5.07. The SMILES string of the molecule is CSc1ccccc1C(=O)N(Cc1ccoc1)Cc1cccs1. The fourth-order valence-electron chi connectivity index (χ4n) is 2.38. The van der Waals surface area contributed by atoms with Crippen molar-refractivity contribution in [3.05, 3.63) is 76.4 Å². The topological polar surface area (TPSA) is 33.5 Å². The highest BCUT2D eigenvalue weighted by Crippen LogP contribution is 2.24. The Hall–Kier alpha value is -1.98. The first-order valence-corrected chi connectivity index (χ1v) is 9.34. The van der Waals surface area contributed by atoms with Gasteiger partial charge in [-0.25, -0.2) is 0 Å². The normalized spacial score (nSPS) is 10.7. The lowest BCUT2D eigenvalue weighted by Gasteiger charge is -2.22. The van der Waals surface area contributed by atoms with Crippen LogP contribution < -0.4 is 0 Å². The summed E-state index contributed by atoms with van der Waals surface area (Å²) in [6.45, 7) is 1.14. The molecule has 0 bridgehead atoms. The molecule has 0 saturated carbocycles. The molecule has 0 atom stereocenters. The van der Waals surface area contributed by atoms with Gasteiger partial charge in [0.15, 0.2) is 0 Å². The lowest BCUT2D eigenvalue weighted by atomic mass is 10.1. The van der Waals surface area contributed by atoms with Crippen LogP contribution in [0.2, 0.25) is 0 Å². The van der Waals surface area contributed by atoms with E-state index >= 15 is 0 Å². The highest BCUT2D eigenvalue weighted by molar-refractivity contribution is 7.98. The van der Waals surface area contributed by atoms with Crippen LogP contribution in [0.15, 0.2) is 69.7 Å². The van der Waals surface area contributed by atoms with E-state index in [9.17, 15) is 4.79 Å². The minimum absolute atomic E-state index is 0.0459. The van der Waals surface area contributed by atoms with Crippen molar-refractivity contribution in [2.75, 3.05) is 6.26 Å². The van der Waals surface area contributed by atoms with Gasteiger partial charge >= 0.3 is 0 Å². The summed E-state index contributed by atoms with van der Waals surface area (Å²) in [6, 6.07) is 13.7. The lowest BCUT2D eigenvalue weighted by Crippen LogP contribution is -2.30. The number of furan rings is 1. The Morgan fingerprint density at radius 1 is 1.17 bits per heavy atom. The van der Waals surface area contributed by atoms with E-state index in [4.69, 9.17) is 4.42 Å². The summed E-state index contributed by atoms with van der Waals surface area (Å²) >= 11 is 3.26. The molecule has 3 nitrogen and oxygen atoms in total. The van der Waals surface area contributed by atoms with Gasteiger partial charge in [0.25, 0.3) is 5.91 Å². The second kappa shape index (κ2) is 7.53. The van der Waals surface area contributed by atoms with E-state index in [0.29, 0.717) is 13.1 Å². The fourth-order valence-corrected chi connectivity index (χ4v) is 3.69. The van der Waals surface area contributed by atoms with Gasteiger partial charge in [0.2, 0.25) is 0 Å². The molecular formula is C18H17NO2S2. The van der Waals surface area contributed by atoms with Gasteiger partial charge in [-0.05, 0) is 35.9 Å². The summed E-state index contributed by atoms with van der Waals surface area (Å²) in [5.41, 5.74) is 1.75. The molecule has 5 heteroatoms. The summed E-state index contributed by atoms with van der Waals surface area (Å²) in [4.78, 5) is 17.1. The lowest BCUT2D eigenvalue weighted by molar-refractivity contribution is 0.0728. The molecule has 0 saturated heterocycles. The maximum atomic E-state index is 13.1. The van der Waals surface area contributed by atoms with Crippen molar-refractivity contribution < 1.29 is 9.21 Å². The van der Waals surface area contributed by atoms with Crippen LogP contribution in [0.3, 0.4) is 0 Å². The zero-order valence-corrected chi connectivity index (χ0v) is 14.4. The van der Waals surface area contributed by atoms with Crippen molar-refractivity contribution >= 4 is 29.0 Å². The quantitative estimate of drug-likeness (QED) is 0.597. The zero-order chi connectivity index (χ0) is 16.1. The number of hydrogen-bond donors (Lipinski definition) is 0. The summed E-state index contributed by atoms with van der Waals surface area (Å²) < 4.78 is 5.14. The van der Waals surface area contributed by atoms with E-state index in [1.807, 2.05) is 52.9 Å². The Labute approximate surface area is 143 Å². The molecule has 0 spiro atoms. The van der Waals surface area contributed by atoms with Crippen LogP contribution >= 0.6 is 23.1 Å². The maximum Gasteiger partial charge on any atom is 0.255 e. The molecule has 3 aromatic rings. The second-order valence-corrected chi connectivity index (χ2v) is 6.95. The van der Waals surface area contributed by atoms with Crippen LogP contribution in [-0.4, -0.2) is 17.1 Å². The third kappa shape index (κ3) is 3.86. The molecule has 23 heavy (non-hydrogen) atoms. The van der Waals surface area contributed by atoms with Crippen molar-refractivity contribution in [1.29, 1.82) is 0 Å². The molecule has 1 aromatic carbocycles. The monoisotopic (exact) mass is 343 g/mol. The Morgan fingerprint density at radius 3 is 2.74 bits per heavy atom. The van der Waals surface area contributed by atoms with Crippen LogP contribution in [0.5, 0.6) is 0 Å². The third-order valence-electron chi connectivity index (χ3n) is 3.50. The molecule has 0 aliphatic heterocycles. The number of amides is 1. The van der Waals surface area contributed by atoms with Crippen molar-refractivity contribution in [3.63, 3.8) is 0 Å². The molecule has 2 heterocycles. The molecule has 0 radical (unpaired) electrons. The van der Waals surface area contributed by atoms with E-state index in [1.165, 1.54) is 4.88 Å². The molecule has 0 N–H and O–H groups in total. The number of thiophene rings is 1. The average molecular weight is 343 g/mol. The van der Waals surface area contributed by atoms with Crippen molar-refractivity contribution in [2.45, 2.75) is 18.0 Å². The molecule has 0 unspecified atom stereocenters. The number of nitrogens with zero attached hydrogens (tertiary/aromatic N) is 1. The first kappa shape index (κ1) is 15.9. The number of rotatable bonds is 6. The van der Waals surface area contributed by atoms with Gasteiger partial charge in [0, 0.05) is 21.9 Å². The number of carbonyl (C=O) groups excluding carboxylic acids is 1. The first-order chi connectivity index (χ1) is 11.3. The van der Waals surface area contributed by atoms with Gasteiger partial charge in [-0.15, -0.1) is 23.1 Å². The van der Waals surface area contributed by atoms with E-state index in [0.717, 1.165) is 16.0 Å². The van der Waals surface area contributed by atoms with Crippen LogP contribution in [0, 0.1) is 0 Å². The van der Waals surface area contributed by atoms with E-state index < -0.39 is 0 Å². The molecule has 0 aliphatic carbocycles. The highest BCUT2D eigenvalue weighted by Gasteiger charge is 2.20. The zero-order valence-electron chi connectivity index (χ0n) is 12.8. The summed E-state index contributed by atoms with van der Waals surface area (Å²) in [5.74, 6) is 0.0459. The smallest absolute Gasteiger partial charge is 0.255 e. The van der Waals surface area contributed by atoms with Crippen LogP contribution in [0.1, 0.15) is 20.8 Å².